The first-order valence-electron chi connectivity index (χ1n) is 8.73. The van der Waals surface area contributed by atoms with Crippen molar-refractivity contribution in [3.63, 3.8) is 0 Å². The maximum atomic E-state index is 13.3. The summed E-state index contributed by atoms with van der Waals surface area (Å²) in [6.45, 7) is 2.10. The van der Waals surface area contributed by atoms with Gasteiger partial charge in [-0.1, -0.05) is 0 Å². The highest BCUT2D eigenvalue weighted by Crippen LogP contribution is 2.30. The van der Waals surface area contributed by atoms with E-state index in [1.165, 1.54) is 11.3 Å². The van der Waals surface area contributed by atoms with Crippen molar-refractivity contribution in [2.45, 2.75) is 44.7 Å². The van der Waals surface area contributed by atoms with Crippen LogP contribution in [0.25, 0.3) is 0 Å². The minimum Gasteiger partial charge on any atom is -0.351 e. The van der Waals surface area contributed by atoms with Gasteiger partial charge in [0.25, 0.3) is 5.91 Å². The van der Waals surface area contributed by atoms with Gasteiger partial charge in [0.05, 0.1) is 11.7 Å². The molecular weight excluding hydrogens is 329 g/mol. The predicted octanol–water partition coefficient (Wildman–Crippen LogP) is 2.64. The van der Waals surface area contributed by atoms with E-state index in [4.69, 9.17) is 0 Å². The molecule has 1 aliphatic carbocycles. The van der Waals surface area contributed by atoms with Crippen LogP contribution in [0.4, 0.5) is 4.39 Å². The third-order valence-electron chi connectivity index (χ3n) is 5.08. The number of hydrogen-bond acceptors (Lipinski definition) is 4. The lowest BCUT2D eigenvalue weighted by molar-refractivity contribution is -0.135. The van der Waals surface area contributed by atoms with Gasteiger partial charge in [-0.2, -0.15) is 0 Å². The van der Waals surface area contributed by atoms with Crippen molar-refractivity contribution in [3.05, 3.63) is 16.6 Å². The Morgan fingerprint density at radius 3 is 2.88 bits per heavy atom. The molecule has 0 bridgehead atoms. The second-order valence-corrected chi connectivity index (χ2v) is 7.69. The van der Waals surface area contributed by atoms with E-state index in [1.807, 2.05) is 4.90 Å². The molecule has 2 heterocycles. The molecule has 1 aromatic heterocycles. The molecule has 7 heteroatoms. The molecule has 24 heavy (non-hydrogen) atoms. The number of halogens is 1. The Hall–Kier alpha value is -1.50. The van der Waals surface area contributed by atoms with Crippen molar-refractivity contribution in [1.82, 2.24) is 15.2 Å². The summed E-state index contributed by atoms with van der Waals surface area (Å²) in [5.41, 5.74) is 1.65. The van der Waals surface area contributed by atoms with E-state index < -0.39 is 6.17 Å². The summed E-state index contributed by atoms with van der Waals surface area (Å²) in [7, 11) is 0. The average Bonchev–Trinajstić information content (AvgIpc) is 3.20. The van der Waals surface area contributed by atoms with Crippen LogP contribution >= 0.6 is 11.3 Å². The molecular formula is C17H24FN3O2S. The van der Waals surface area contributed by atoms with Crippen LogP contribution in [0.15, 0.2) is 11.7 Å². The first-order chi connectivity index (χ1) is 11.6. The summed E-state index contributed by atoms with van der Waals surface area (Å²) in [5, 5.41) is 2.97. The molecule has 1 saturated carbocycles. The lowest BCUT2D eigenvalue weighted by Gasteiger charge is -2.24. The van der Waals surface area contributed by atoms with Gasteiger partial charge >= 0.3 is 0 Å². The molecule has 0 radical (unpaired) electrons. The van der Waals surface area contributed by atoms with Crippen molar-refractivity contribution in [3.8, 4) is 0 Å². The van der Waals surface area contributed by atoms with Crippen LogP contribution in [0, 0.1) is 11.8 Å². The normalized spacial score (nSPS) is 27.7. The predicted molar refractivity (Wildman–Crippen MR) is 90.6 cm³/mol. The quantitative estimate of drug-likeness (QED) is 0.905. The third-order valence-corrected chi connectivity index (χ3v) is 5.86. The number of aromatic nitrogens is 1. The molecule has 0 aromatic carbocycles. The fourth-order valence-electron chi connectivity index (χ4n) is 3.65. The number of amides is 2. The molecule has 1 aliphatic heterocycles. The molecule has 3 atom stereocenters. The molecule has 2 amide bonds. The Bertz CT molecular complexity index is 566. The molecule has 0 spiro atoms. The number of alkyl halides is 1. The molecule has 1 aromatic rings. The minimum atomic E-state index is -0.805. The van der Waals surface area contributed by atoms with Gasteiger partial charge in [-0.25, -0.2) is 4.39 Å². The molecule has 2 aliphatic rings. The zero-order valence-corrected chi connectivity index (χ0v) is 14.6. The Kier molecular flexibility index (Phi) is 5.81. The average molecular weight is 353 g/mol. The first kappa shape index (κ1) is 17.3. The Morgan fingerprint density at radius 2 is 2.17 bits per heavy atom. The van der Waals surface area contributed by atoms with E-state index >= 15 is 0 Å². The number of nitrogens with one attached hydrogen (secondary N) is 1. The van der Waals surface area contributed by atoms with E-state index in [0.717, 1.165) is 25.8 Å². The van der Waals surface area contributed by atoms with Crippen molar-refractivity contribution >= 4 is 23.2 Å². The van der Waals surface area contributed by atoms with Crippen molar-refractivity contribution < 1.29 is 14.0 Å². The summed E-state index contributed by atoms with van der Waals surface area (Å²) in [6, 6.07) is 0. The zero-order chi connectivity index (χ0) is 16.9. The van der Waals surface area contributed by atoms with Crippen molar-refractivity contribution in [2.75, 3.05) is 19.6 Å². The van der Waals surface area contributed by atoms with Crippen LogP contribution in [0.1, 0.15) is 48.2 Å². The maximum Gasteiger partial charge on any atom is 0.263 e. The molecule has 5 nitrogen and oxygen atoms in total. The molecule has 3 unspecified atom stereocenters. The highest BCUT2D eigenvalue weighted by atomic mass is 32.1. The van der Waals surface area contributed by atoms with Gasteiger partial charge in [-0.3, -0.25) is 14.6 Å². The first-order valence-corrected chi connectivity index (χ1v) is 9.61. The highest BCUT2D eigenvalue weighted by Gasteiger charge is 2.33. The fourth-order valence-corrected chi connectivity index (χ4v) is 4.19. The van der Waals surface area contributed by atoms with Gasteiger partial charge in [-0.05, 0) is 44.4 Å². The largest absolute Gasteiger partial charge is 0.351 e. The number of carbonyl (C=O) groups is 2. The molecule has 132 valence electrons. The lowest BCUT2D eigenvalue weighted by Crippen LogP contribution is -2.36. The highest BCUT2D eigenvalue weighted by molar-refractivity contribution is 7.11. The van der Waals surface area contributed by atoms with Crippen LogP contribution in [0.2, 0.25) is 0 Å². The van der Waals surface area contributed by atoms with Crippen molar-refractivity contribution in [1.29, 1.82) is 0 Å². The number of thiazole rings is 1. The van der Waals surface area contributed by atoms with E-state index in [9.17, 15) is 14.0 Å². The van der Waals surface area contributed by atoms with Crippen molar-refractivity contribution in [2.24, 2.45) is 11.8 Å². The SMILES string of the molecule is O=C(NCC1CCCN(C(=O)C2CCC(F)C2)CC1)c1cncs1. The molecule has 1 N–H and O–H groups in total. The van der Waals surface area contributed by atoms with Gasteiger partial charge in [0.2, 0.25) is 5.91 Å². The topological polar surface area (TPSA) is 62.3 Å². The summed E-state index contributed by atoms with van der Waals surface area (Å²) in [6.07, 6.45) is 5.21. The van der Waals surface area contributed by atoms with Gasteiger partial charge < -0.3 is 10.2 Å². The zero-order valence-electron chi connectivity index (χ0n) is 13.7. The summed E-state index contributed by atoms with van der Waals surface area (Å²) < 4.78 is 13.3. The Balaban J connectivity index is 1.45. The number of rotatable bonds is 4. The molecule has 2 fully saturated rings. The van der Waals surface area contributed by atoms with E-state index in [-0.39, 0.29) is 17.7 Å². The van der Waals surface area contributed by atoms with E-state index in [0.29, 0.717) is 43.1 Å². The van der Waals surface area contributed by atoms with Crippen LogP contribution in [0.3, 0.4) is 0 Å². The monoisotopic (exact) mass is 353 g/mol. The number of likely N-dealkylation sites (tertiary alicyclic amines) is 1. The number of carbonyl (C=O) groups excluding carboxylic acids is 2. The molecule has 1 saturated heterocycles. The number of nitrogens with zero attached hydrogens (tertiary/aromatic N) is 2. The second-order valence-electron chi connectivity index (χ2n) is 6.81. The fraction of sp³-hybridized carbons (Fsp3) is 0.706. The summed E-state index contributed by atoms with van der Waals surface area (Å²) in [4.78, 5) is 30.9. The molecule has 3 rings (SSSR count). The third kappa shape index (κ3) is 4.32. The van der Waals surface area contributed by atoms with Gasteiger partial charge in [0.1, 0.15) is 11.0 Å². The minimum absolute atomic E-state index is 0.0744. The summed E-state index contributed by atoms with van der Waals surface area (Å²) >= 11 is 1.33. The van der Waals surface area contributed by atoms with Crippen LogP contribution in [-0.4, -0.2) is 47.5 Å². The van der Waals surface area contributed by atoms with E-state index in [2.05, 4.69) is 10.3 Å². The van der Waals surface area contributed by atoms with E-state index in [1.54, 1.807) is 11.7 Å². The van der Waals surface area contributed by atoms with Crippen LogP contribution in [-0.2, 0) is 4.79 Å². The standard InChI is InChI=1S/C17H24FN3O2S/c18-14-4-3-13(8-14)17(23)21-6-1-2-12(5-7-21)9-20-16(22)15-10-19-11-24-15/h10-14H,1-9H2,(H,20,22). The maximum absolute atomic E-state index is 13.3. The lowest BCUT2D eigenvalue weighted by atomic mass is 10.0. The van der Waals surface area contributed by atoms with Gasteiger partial charge in [-0.15, -0.1) is 11.3 Å². The number of hydrogen-bond donors (Lipinski definition) is 1. The smallest absolute Gasteiger partial charge is 0.263 e. The van der Waals surface area contributed by atoms with Crippen LogP contribution < -0.4 is 5.32 Å². The second kappa shape index (κ2) is 8.05. The van der Waals surface area contributed by atoms with Gasteiger partial charge in [0, 0.05) is 25.6 Å². The Labute approximate surface area is 145 Å². The summed E-state index contributed by atoms with van der Waals surface area (Å²) in [5.74, 6) is 0.318. The Morgan fingerprint density at radius 1 is 1.29 bits per heavy atom. The van der Waals surface area contributed by atoms with Crippen LogP contribution in [0.5, 0.6) is 0 Å². The van der Waals surface area contributed by atoms with Gasteiger partial charge in [0.15, 0.2) is 0 Å².